The summed E-state index contributed by atoms with van der Waals surface area (Å²) in [5.74, 6) is 0.0320. The molecule has 4 aromatic rings. The number of nitrogens with one attached hydrogen (secondary N) is 1. The maximum atomic E-state index is 13.4. The molecule has 1 amide bonds. The van der Waals surface area contributed by atoms with Crippen LogP contribution in [0.4, 0.5) is 10.2 Å². The number of amides is 1. The second kappa shape index (κ2) is 7.27. The van der Waals surface area contributed by atoms with Gasteiger partial charge in [0.05, 0.1) is 0 Å². The molecule has 0 aliphatic carbocycles. The summed E-state index contributed by atoms with van der Waals surface area (Å²) in [6, 6.07) is 17.5. The van der Waals surface area contributed by atoms with E-state index in [1.807, 2.05) is 53.9 Å². The van der Waals surface area contributed by atoms with Crippen LogP contribution in [-0.4, -0.2) is 15.3 Å². The Morgan fingerprint density at radius 2 is 1.79 bits per heavy atom. The summed E-state index contributed by atoms with van der Waals surface area (Å²) < 4.78 is 15.2. The predicted octanol–water partition coefficient (Wildman–Crippen LogP) is 5.26. The van der Waals surface area contributed by atoms with Crippen LogP contribution in [-0.2, 0) is 6.42 Å². The lowest BCUT2D eigenvalue weighted by Crippen LogP contribution is -2.14. The number of carbonyl (C=O) groups excluding carboxylic acids is 1. The Balaban J connectivity index is 1.78. The van der Waals surface area contributed by atoms with Gasteiger partial charge in [-0.25, -0.2) is 9.37 Å². The Kier molecular flexibility index (Phi) is 4.65. The van der Waals surface area contributed by atoms with E-state index in [0.29, 0.717) is 17.1 Å². The van der Waals surface area contributed by atoms with E-state index in [0.717, 1.165) is 23.2 Å². The van der Waals surface area contributed by atoms with Crippen molar-refractivity contribution in [2.24, 2.45) is 0 Å². The zero-order chi connectivity index (χ0) is 19.7. The number of hydrogen-bond acceptors (Lipinski definition) is 2. The zero-order valence-corrected chi connectivity index (χ0v) is 15.7. The first-order valence-corrected chi connectivity index (χ1v) is 9.20. The molecule has 2 aromatic heterocycles. The minimum atomic E-state index is -0.315. The number of aromatic nitrogens is 2. The van der Waals surface area contributed by atoms with Gasteiger partial charge in [0, 0.05) is 17.3 Å². The number of carbonyl (C=O) groups is 1. The maximum Gasteiger partial charge on any atom is 0.256 e. The number of aryl methyl sites for hydroxylation is 2. The Labute approximate surface area is 162 Å². The van der Waals surface area contributed by atoms with Crippen molar-refractivity contribution in [3.8, 4) is 11.3 Å². The largest absolute Gasteiger partial charge is 0.306 e. The molecule has 0 fully saturated rings. The summed E-state index contributed by atoms with van der Waals surface area (Å²) in [5, 5.41) is 2.99. The van der Waals surface area contributed by atoms with Gasteiger partial charge in [0.2, 0.25) is 0 Å². The van der Waals surface area contributed by atoms with Crippen LogP contribution < -0.4 is 5.32 Å². The number of hydrogen-bond donors (Lipinski definition) is 1. The Bertz CT molecular complexity index is 1150. The van der Waals surface area contributed by atoms with E-state index in [1.165, 1.54) is 17.7 Å². The van der Waals surface area contributed by atoms with Gasteiger partial charge in [-0.05, 0) is 73.0 Å². The standard InChI is InChI=1S/C23H20FN3O/c1-3-16-4-6-18(7-5-16)23(28)26-22-21(17-8-10-19(24)11-9-17)25-20-14-15(2)12-13-27(20)22/h4-14H,3H2,1-2H3,(H,26,28). The molecule has 1 N–H and O–H groups in total. The third-order valence-corrected chi connectivity index (χ3v) is 4.76. The van der Waals surface area contributed by atoms with Gasteiger partial charge in [-0.3, -0.25) is 9.20 Å². The van der Waals surface area contributed by atoms with E-state index in [2.05, 4.69) is 17.2 Å². The molecule has 0 saturated carbocycles. The van der Waals surface area contributed by atoms with Crippen molar-refractivity contribution in [1.29, 1.82) is 0 Å². The Hall–Kier alpha value is -3.47. The van der Waals surface area contributed by atoms with E-state index in [9.17, 15) is 9.18 Å². The number of benzene rings is 2. The number of anilines is 1. The average Bonchev–Trinajstić information content (AvgIpc) is 3.06. The van der Waals surface area contributed by atoms with E-state index in [-0.39, 0.29) is 11.7 Å². The fourth-order valence-corrected chi connectivity index (χ4v) is 3.15. The summed E-state index contributed by atoms with van der Waals surface area (Å²) in [7, 11) is 0. The van der Waals surface area contributed by atoms with Crippen molar-refractivity contribution in [2.75, 3.05) is 5.32 Å². The number of fused-ring (bicyclic) bond motifs is 1. The normalized spacial score (nSPS) is 11.0. The second-order valence-corrected chi connectivity index (χ2v) is 6.75. The van der Waals surface area contributed by atoms with E-state index >= 15 is 0 Å². The molecular weight excluding hydrogens is 353 g/mol. The molecule has 0 radical (unpaired) electrons. The number of pyridine rings is 1. The van der Waals surface area contributed by atoms with Gasteiger partial charge in [0.15, 0.2) is 0 Å². The van der Waals surface area contributed by atoms with Crippen LogP contribution in [0, 0.1) is 12.7 Å². The number of halogens is 1. The van der Waals surface area contributed by atoms with Crippen LogP contribution in [0.3, 0.4) is 0 Å². The lowest BCUT2D eigenvalue weighted by Gasteiger charge is -2.09. The monoisotopic (exact) mass is 373 g/mol. The van der Waals surface area contributed by atoms with E-state index in [1.54, 1.807) is 12.1 Å². The summed E-state index contributed by atoms with van der Waals surface area (Å²) in [4.78, 5) is 17.5. The van der Waals surface area contributed by atoms with E-state index < -0.39 is 0 Å². The molecule has 0 spiro atoms. The molecule has 0 atom stereocenters. The Morgan fingerprint density at radius 1 is 1.07 bits per heavy atom. The molecule has 2 aromatic carbocycles. The SMILES string of the molecule is CCc1ccc(C(=O)Nc2c(-c3ccc(F)cc3)nc3cc(C)ccn23)cc1. The lowest BCUT2D eigenvalue weighted by atomic mass is 10.1. The maximum absolute atomic E-state index is 13.4. The molecule has 4 nitrogen and oxygen atoms in total. The van der Waals surface area contributed by atoms with Crippen LogP contribution in [0.1, 0.15) is 28.4 Å². The van der Waals surface area contributed by atoms with Gasteiger partial charge in [0.1, 0.15) is 23.0 Å². The van der Waals surface area contributed by atoms with Crippen molar-refractivity contribution >= 4 is 17.4 Å². The molecule has 5 heteroatoms. The first kappa shape index (κ1) is 17.9. The molecular formula is C23H20FN3O. The highest BCUT2D eigenvalue weighted by Gasteiger charge is 2.17. The topological polar surface area (TPSA) is 46.4 Å². The summed E-state index contributed by atoms with van der Waals surface area (Å²) in [6.07, 6.45) is 2.80. The van der Waals surface area contributed by atoms with Crippen LogP contribution in [0.15, 0.2) is 66.9 Å². The quantitative estimate of drug-likeness (QED) is 0.530. The highest BCUT2D eigenvalue weighted by Crippen LogP contribution is 2.29. The summed E-state index contributed by atoms with van der Waals surface area (Å²) in [6.45, 7) is 4.06. The first-order valence-electron chi connectivity index (χ1n) is 9.20. The van der Waals surface area contributed by atoms with Gasteiger partial charge in [-0.15, -0.1) is 0 Å². The Morgan fingerprint density at radius 3 is 2.46 bits per heavy atom. The number of imidazole rings is 1. The average molecular weight is 373 g/mol. The minimum Gasteiger partial charge on any atom is -0.306 e. The second-order valence-electron chi connectivity index (χ2n) is 6.75. The predicted molar refractivity (Wildman–Crippen MR) is 109 cm³/mol. The first-order chi connectivity index (χ1) is 13.5. The van der Waals surface area contributed by atoms with Crippen molar-refractivity contribution < 1.29 is 9.18 Å². The third kappa shape index (κ3) is 3.39. The zero-order valence-electron chi connectivity index (χ0n) is 15.7. The van der Waals surface area contributed by atoms with Crippen molar-refractivity contribution in [1.82, 2.24) is 9.38 Å². The summed E-state index contributed by atoms with van der Waals surface area (Å²) >= 11 is 0. The number of nitrogens with zero attached hydrogens (tertiary/aromatic N) is 2. The van der Waals surface area contributed by atoms with Crippen LogP contribution in [0.2, 0.25) is 0 Å². The lowest BCUT2D eigenvalue weighted by molar-refractivity contribution is 0.102. The van der Waals surface area contributed by atoms with Crippen LogP contribution in [0.5, 0.6) is 0 Å². The fourth-order valence-electron chi connectivity index (χ4n) is 3.15. The molecule has 2 heterocycles. The molecule has 0 saturated heterocycles. The fraction of sp³-hybridized carbons (Fsp3) is 0.130. The van der Waals surface area contributed by atoms with Crippen molar-refractivity contribution in [3.63, 3.8) is 0 Å². The molecule has 4 rings (SSSR count). The molecule has 140 valence electrons. The highest BCUT2D eigenvalue weighted by atomic mass is 19.1. The highest BCUT2D eigenvalue weighted by molar-refractivity contribution is 6.05. The van der Waals surface area contributed by atoms with Crippen molar-refractivity contribution in [3.05, 3.63) is 89.4 Å². The molecule has 28 heavy (non-hydrogen) atoms. The minimum absolute atomic E-state index is 0.214. The smallest absolute Gasteiger partial charge is 0.256 e. The molecule has 0 aliphatic heterocycles. The van der Waals surface area contributed by atoms with Crippen LogP contribution >= 0.6 is 0 Å². The molecule has 0 bridgehead atoms. The van der Waals surface area contributed by atoms with Gasteiger partial charge >= 0.3 is 0 Å². The van der Waals surface area contributed by atoms with Gasteiger partial charge in [0.25, 0.3) is 5.91 Å². The number of rotatable bonds is 4. The van der Waals surface area contributed by atoms with Crippen LogP contribution in [0.25, 0.3) is 16.9 Å². The summed E-state index contributed by atoms with van der Waals surface area (Å²) in [5.41, 5.74) is 4.87. The van der Waals surface area contributed by atoms with Gasteiger partial charge in [-0.2, -0.15) is 0 Å². The van der Waals surface area contributed by atoms with E-state index in [4.69, 9.17) is 0 Å². The van der Waals surface area contributed by atoms with Gasteiger partial charge in [-0.1, -0.05) is 19.1 Å². The third-order valence-electron chi connectivity index (χ3n) is 4.76. The molecule has 0 unspecified atom stereocenters. The van der Waals surface area contributed by atoms with Gasteiger partial charge < -0.3 is 5.32 Å². The van der Waals surface area contributed by atoms with Crippen molar-refractivity contribution in [2.45, 2.75) is 20.3 Å². The molecule has 0 aliphatic rings.